The van der Waals surface area contributed by atoms with Gasteiger partial charge in [0.05, 0.1) is 17.3 Å². The van der Waals surface area contributed by atoms with E-state index < -0.39 is 0 Å². The second-order valence-electron chi connectivity index (χ2n) is 6.46. The minimum Gasteiger partial charge on any atom is -0.378 e. The van der Waals surface area contributed by atoms with Gasteiger partial charge in [0.25, 0.3) is 0 Å². The molecular weight excluding hydrogens is 268 g/mol. The highest BCUT2D eigenvalue weighted by molar-refractivity contribution is 7.12. The first kappa shape index (κ1) is 14.5. The summed E-state index contributed by atoms with van der Waals surface area (Å²) in [5, 5.41) is 5.07. The molecule has 2 unspecified atom stereocenters. The number of thiazole rings is 1. The number of ether oxygens (including phenoxy) is 1. The van der Waals surface area contributed by atoms with Crippen molar-refractivity contribution < 1.29 is 4.74 Å². The van der Waals surface area contributed by atoms with Crippen LogP contribution < -0.4 is 5.32 Å². The molecule has 20 heavy (non-hydrogen) atoms. The minimum absolute atomic E-state index is 0.0525. The van der Waals surface area contributed by atoms with E-state index in [-0.39, 0.29) is 5.54 Å². The zero-order valence-electron chi connectivity index (χ0n) is 12.9. The fourth-order valence-corrected chi connectivity index (χ4v) is 4.84. The predicted octanol–water partition coefficient (Wildman–Crippen LogP) is 3.27. The Bertz CT molecular complexity index is 446. The van der Waals surface area contributed by atoms with Crippen LogP contribution in [0, 0.1) is 5.92 Å². The van der Waals surface area contributed by atoms with E-state index in [0.717, 1.165) is 26.0 Å². The van der Waals surface area contributed by atoms with Crippen LogP contribution in [0.25, 0.3) is 0 Å². The molecule has 4 heteroatoms. The number of rotatable bonds is 4. The van der Waals surface area contributed by atoms with Gasteiger partial charge in [-0.3, -0.25) is 0 Å². The maximum absolute atomic E-state index is 5.98. The standard InChI is InChI=1S/C16H26N2OS/c1-4-17-16(8-9-19-13(10-16)11(2)3)15-18-12-6-5-7-14(12)20-15/h11,13,17H,4-10H2,1-3H3. The fourth-order valence-electron chi connectivity index (χ4n) is 3.48. The van der Waals surface area contributed by atoms with Crippen LogP contribution in [0.2, 0.25) is 0 Å². The molecular formula is C16H26N2OS. The predicted molar refractivity (Wildman–Crippen MR) is 83.3 cm³/mol. The van der Waals surface area contributed by atoms with Crippen molar-refractivity contribution in [2.45, 2.75) is 64.5 Å². The SMILES string of the molecule is CCNC1(c2nc3c(s2)CCC3)CCOC(C(C)C)C1. The van der Waals surface area contributed by atoms with Crippen molar-refractivity contribution in [3.05, 3.63) is 15.6 Å². The average Bonchev–Trinajstić information content (AvgIpc) is 3.00. The number of nitrogens with one attached hydrogen (secondary N) is 1. The Labute approximate surface area is 126 Å². The molecule has 0 bridgehead atoms. The molecule has 1 aliphatic heterocycles. The Morgan fingerprint density at radius 1 is 1.45 bits per heavy atom. The quantitative estimate of drug-likeness (QED) is 0.925. The van der Waals surface area contributed by atoms with Crippen LogP contribution in [-0.4, -0.2) is 24.2 Å². The van der Waals surface area contributed by atoms with E-state index in [1.807, 2.05) is 11.3 Å². The maximum atomic E-state index is 5.98. The molecule has 1 aliphatic carbocycles. The van der Waals surface area contributed by atoms with Crippen LogP contribution in [0.1, 0.15) is 55.6 Å². The van der Waals surface area contributed by atoms with Crippen molar-refractivity contribution >= 4 is 11.3 Å². The van der Waals surface area contributed by atoms with E-state index in [2.05, 4.69) is 26.1 Å². The summed E-state index contributed by atoms with van der Waals surface area (Å²) in [6, 6.07) is 0. The minimum atomic E-state index is 0.0525. The van der Waals surface area contributed by atoms with E-state index in [1.165, 1.54) is 34.8 Å². The Hall–Kier alpha value is -0.450. The summed E-state index contributed by atoms with van der Waals surface area (Å²) in [4.78, 5) is 6.53. The molecule has 1 aromatic heterocycles. The molecule has 0 aromatic carbocycles. The molecule has 1 fully saturated rings. The third-order valence-electron chi connectivity index (χ3n) is 4.67. The molecule has 0 amide bonds. The Morgan fingerprint density at radius 3 is 3.00 bits per heavy atom. The largest absolute Gasteiger partial charge is 0.378 e. The number of aryl methyl sites for hydroxylation is 2. The second-order valence-corrected chi connectivity index (χ2v) is 7.55. The van der Waals surface area contributed by atoms with E-state index in [0.29, 0.717) is 12.0 Å². The fraction of sp³-hybridized carbons (Fsp3) is 0.812. The van der Waals surface area contributed by atoms with Gasteiger partial charge in [-0.2, -0.15) is 0 Å². The zero-order chi connectivity index (χ0) is 14.2. The van der Waals surface area contributed by atoms with E-state index in [1.54, 1.807) is 0 Å². The van der Waals surface area contributed by atoms with Gasteiger partial charge in [-0.1, -0.05) is 20.8 Å². The molecule has 0 radical (unpaired) electrons. The summed E-state index contributed by atoms with van der Waals surface area (Å²) in [6.07, 6.45) is 6.17. The van der Waals surface area contributed by atoms with Gasteiger partial charge < -0.3 is 10.1 Å². The highest BCUT2D eigenvalue weighted by Gasteiger charge is 2.41. The second kappa shape index (κ2) is 5.74. The number of aromatic nitrogens is 1. The molecule has 1 saturated heterocycles. The molecule has 2 atom stereocenters. The number of hydrogen-bond donors (Lipinski definition) is 1. The molecule has 1 N–H and O–H groups in total. The zero-order valence-corrected chi connectivity index (χ0v) is 13.7. The number of fused-ring (bicyclic) bond motifs is 1. The van der Waals surface area contributed by atoms with Gasteiger partial charge in [0.2, 0.25) is 0 Å². The van der Waals surface area contributed by atoms with Gasteiger partial charge in [-0.05, 0) is 44.6 Å². The smallest absolute Gasteiger partial charge is 0.113 e. The van der Waals surface area contributed by atoms with Crippen molar-refractivity contribution in [2.24, 2.45) is 5.92 Å². The first-order valence-electron chi connectivity index (χ1n) is 8.00. The Kier molecular flexibility index (Phi) is 4.16. The molecule has 2 heterocycles. The van der Waals surface area contributed by atoms with Gasteiger partial charge in [0, 0.05) is 11.5 Å². The Balaban J connectivity index is 1.89. The number of nitrogens with zero attached hydrogens (tertiary/aromatic N) is 1. The molecule has 0 saturated carbocycles. The van der Waals surface area contributed by atoms with Crippen LogP contribution in [0.5, 0.6) is 0 Å². The van der Waals surface area contributed by atoms with Crippen molar-refractivity contribution in [3.63, 3.8) is 0 Å². The molecule has 1 aromatic rings. The summed E-state index contributed by atoms with van der Waals surface area (Å²) < 4.78 is 5.98. The summed E-state index contributed by atoms with van der Waals surface area (Å²) in [6.45, 7) is 8.56. The summed E-state index contributed by atoms with van der Waals surface area (Å²) >= 11 is 1.95. The highest BCUT2D eigenvalue weighted by atomic mass is 32.1. The third-order valence-corrected chi connectivity index (χ3v) is 6.04. The van der Waals surface area contributed by atoms with Gasteiger partial charge in [-0.25, -0.2) is 4.98 Å². The van der Waals surface area contributed by atoms with Gasteiger partial charge in [-0.15, -0.1) is 11.3 Å². The van der Waals surface area contributed by atoms with Crippen LogP contribution in [0.4, 0.5) is 0 Å². The third kappa shape index (κ3) is 2.53. The van der Waals surface area contributed by atoms with Crippen LogP contribution in [0.3, 0.4) is 0 Å². The lowest BCUT2D eigenvalue weighted by molar-refractivity contribution is -0.0531. The molecule has 112 valence electrons. The van der Waals surface area contributed by atoms with Crippen LogP contribution >= 0.6 is 11.3 Å². The molecule has 3 nitrogen and oxygen atoms in total. The van der Waals surface area contributed by atoms with Gasteiger partial charge in [0.1, 0.15) is 5.01 Å². The van der Waals surface area contributed by atoms with E-state index in [4.69, 9.17) is 9.72 Å². The lowest BCUT2D eigenvalue weighted by Crippen LogP contribution is -2.50. The highest BCUT2D eigenvalue weighted by Crippen LogP contribution is 2.41. The summed E-state index contributed by atoms with van der Waals surface area (Å²) in [5.41, 5.74) is 1.42. The molecule has 2 aliphatic rings. The monoisotopic (exact) mass is 294 g/mol. The van der Waals surface area contributed by atoms with Crippen molar-refractivity contribution in [1.82, 2.24) is 10.3 Å². The van der Waals surface area contributed by atoms with E-state index >= 15 is 0 Å². The van der Waals surface area contributed by atoms with Crippen LogP contribution in [0.15, 0.2) is 0 Å². The average molecular weight is 294 g/mol. The summed E-state index contributed by atoms with van der Waals surface area (Å²) in [7, 11) is 0. The van der Waals surface area contributed by atoms with Crippen molar-refractivity contribution in [2.75, 3.05) is 13.2 Å². The lowest BCUT2D eigenvalue weighted by Gasteiger charge is -2.41. The van der Waals surface area contributed by atoms with Crippen molar-refractivity contribution in [1.29, 1.82) is 0 Å². The Morgan fingerprint density at radius 2 is 2.30 bits per heavy atom. The topological polar surface area (TPSA) is 34.2 Å². The van der Waals surface area contributed by atoms with Crippen molar-refractivity contribution in [3.8, 4) is 0 Å². The number of hydrogen-bond acceptors (Lipinski definition) is 4. The molecule has 0 spiro atoms. The van der Waals surface area contributed by atoms with Crippen LogP contribution in [-0.2, 0) is 23.1 Å². The normalized spacial score (nSPS) is 29.9. The summed E-state index contributed by atoms with van der Waals surface area (Å²) in [5.74, 6) is 0.570. The maximum Gasteiger partial charge on any atom is 0.113 e. The van der Waals surface area contributed by atoms with Gasteiger partial charge in [0.15, 0.2) is 0 Å². The molecule has 3 rings (SSSR count). The first-order valence-corrected chi connectivity index (χ1v) is 8.82. The van der Waals surface area contributed by atoms with Gasteiger partial charge >= 0.3 is 0 Å². The lowest BCUT2D eigenvalue weighted by atomic mass is 9.83. The first-order chi connectivity index (χ1) is 9.64. The van der Waals surface area contributed by atoms with E-state index in [9.17, 15) is 0 Å².